The van der Waals surface area contributed by atoms with Crippen molar-refractivity contribution in [2.75, 3.05) is 12.1 Å². The van der Waals surface area contributed by atoms with Gasteiger partial charge in [-0.3, -0.25) is 4.79 Å². The maximum atomic E-state index is 12.3. The quantitative estimate of drug-likeness (QED) is 0.929. The van der Waals surface area contributed by atoms with Gasteiger partial charge < -0.3 is 14.8 Å². The Morgan fingerprint density at radius 3 is 2.88 bits per heavy atom. The topological polar surface area (TPSA) is 47.6 Å². The summed E-state index contributed by atoms with van der Waals surface area (Å²) in [4.78, 5) is 12.3. The molecule has 0 unspecified atom stereocenters. The lowest BCUT2D eigenvalue weighted by Crippen LogP contribution is -2.15. The summed E-state index contributed by atoms with van der Waals surface area (Å²) in [5.74, 6) is 1.61. The number of hydrogen-bond acceptors (Lipinski definition) is 3. The van der Waals surface area contributed by atoms with Crippen LogP contribution in [-0.2, 0) is 24.1 Å². The van der Waals surface area contributed by atoms with Crippen LogP contribution in [0.4, 0.5) is 5.69 Å². The first-order chi connectivity index (χ1) is 11.8. The van der Waals surface area contributed by atoms with E-state index < -0.39 is 0 Å². The lowest BCUT2D eigenvalue weighted by Gasteiger charge is -2.19. The second kappa shape index (κ2) is 6.56. The minimum Gasteiger partial charge on any atom is -0.454 e. The molecule has 1 aliphatic heterocycles. The first-order valence-electron chi connectivity index (χ1n) is 8.59. The van der Waals surface area contributed by atoms with Gasteiger partial charge in [0.15, 0.2) is 11.5 Å². The van der Waals surface area contributed by atoms with E-state index in [1.807, 2.05) is 30.3 Å². The predicted molar refractivity (Wildman–Crippen MR) is 92.6 cm³/mol. The zero-order chi connectivity index (χ0) is 16.4. The van der Waals surface area contributed by atoms with Crippen LogP contribution in [0.15, 0.2) is 36.4 Å². The molecule has 1 amide bonds. The van der Waals surface area contributed by atoms with Gasteiger partial charge in [0, 0.05) is 12.1 Å². The molecule has 24 heavy (non-hydrogen) atoms. The fraction of sp³-hybridized carbons (Fsp3) is 0.350. The highest BCUT2D eigenvalue weighted by Crippen LogP contribution is 2.33. The molecule has 124 valence electrons. The number of fused-ring (bicyclic) bond motifs is 2. The molecule has 0 saturated heterocycles. The normalized spacial score (nSPS) is 15.0. The van der Waals surface area contributed by atoms with Gasteiger partial charge in [0.25, 0.3) is 0 Å². The lowest BCUT2D eigenvalue weighted by atomic mass is 9.90. The Kier molecular flexibility index (Phi) is 4.11. The zero-order valence-corrected chi connectivity index (χ0v) is 13.6. The minimum atomic E-state index is 0.0617. The van der Waals surface area contributed by atoms with Gasteiger partial charge in [-0.2, -0.15) is 0 Å². The van der Waals surface area contributed by atoms with Crippen LogP contribution in [0, 0.1) is 0 Å². The number of ether oxygens (including phenoxy) is 2. The molecule has 0 fully saturated rings. The Bertz CT molecular complexity index is 769. The summed E-state index contributed by atoms with van der Waals surface area (Å²) in [6.45, 7) is 0.276. The maximum absolute atomic E-state index is 12.3. The fourth-order valence-corrected chi connectivity index (χ4v) is 3.47. The summed E-state index contributed by atoms with van der Waals surface area (Å²) >= 11 is 0. The summed E-state index contributed by atoms with van der Waals surface area (Å²) < 4.78 is 10.7. The van der Waals surface area contributed by atoms with Crippen LogP contribution < -0.4 is 14.8 Å². The van der Waals surface area contributed by atoms with E-state index in [1.165, 1.54) is 24.0 Å². The van der Waals surface area contributed by atoms with E-state index in [0.29, 0.717) is 12.8 Å². The smallest absolute Gasteiger partial charge is 0.231 e. The predicted octanol–water partition coefficient (Wildman–Crippen LogP) is 3.87. The molecule has 0 saturated carbocycles. The van der Waals surface area contributed by atoms with Crippen molar-refractivity contribution >= 4 is 11.6 Å². The number of nitrogens with one attached hydrogen (secondary N) is 1. The van der Waals surface area contributed by atoms with Gasteiger partial charge in [0.1, 0.15) is 0 Å². The number of benzene rings is 2. The zero-order valence-electron chi connectivity index (χ0n) is 13.6. The standard InChI is InChI=1S/C20H21NO3/c22-20(11-9-14-8-10-18-19(12-14)24-13-23-18)21-17-7-3-5-15-4-1-2-6-16(15)17/h3,5,7-8,10,12H,1-2,4,6,9,11,13H2,(H,21,22). The number of aryl methyl sites for hydroxylation is 2. The number of carbonyl (C=O) groups excluding carboxylic acids is 1. The van der Waals surface area contributed by atoms with E-state index >= 15 is 0 Å². The highest BCUT2D eigenvalue weighted by Gasteiger charge is 2.16. The molecule has 2 aromatic carbocycles. The van der Waals surface area contributed by atoms with Crippen LogP contribution in [0.2, 0.25) is 0 Å². The third kappa shape index (κ3) is 3.09. The van der Waals surface area contributed by atoms with Crippen LogP contribution in [0.3, 0.4) is 0 Å². The van der Waals surface area contributed by atoms with E-state index in [2.05, 4.69) is 11.4 Å². The van der Waals surface area contributed by atoms with Crippen molar-refractivity contribution in [3.8, 4) is 11.5 Å². The molecule has 0 bridgehead atoms. The molecule has 1 N–H and O–H groups in total. The molecular formula is C20H21NO3. The molecule has 0 atom stereocenters. The Hall–Kier alpha value is -2.49. The Morgan fingerprint density at radius 2 is 1.92 bits per heavy atom. The second-order valence-electron chi connectivity index (χ2n) is 6.39. The van der Waals surface area contributed by atoms with Gasteiger partial charge in [0.05, 0.1) is 0 Å². The van der Waals surface area contributed by atoms with Crippen molar-refractivity contribution in [3.63, 3.8) is 0 Å². The van der Waals surface area contributed by atoms with E-state index in [4.69, 9.17) is 9.47 Å². The molecule has 0 spiro atoms. The van der Waals surface area contributed by atoms with E-state index in [0.717, 1.165) is 35.6 Å². The summed E-state index contributed by atoms with van der Waals surface area (Å²) in [5, 5.41) is 3.10. The van der Waals surface area contributed by atoms with E-state index in [-0.39, 0.29) is 12.7 Å². The van der Waals surface area contributed by atoms with Crippen LogP contribution in [0.1, 0.15) is 36.0 Å². The lowest BCUT2D eigenvalue weighted by molar-refractivity contribution is -0.116. The maximum Gasteiger partial charge on any atom is 0.231 e. The molecule has 4 heteroatoms. The van der Waals surface area contributed by atoms with Crippen molar-refractivity contribution in [3.05, 3.63) is 53.1 Å². The van der Waals surface area contributed by atoms with Crippen LogP contribution in [0.5, 0.6) is 11.5 Å². The molecular weight excluding hydrogens is 302 g/mol. The Balaban J connectivity index is 1.39. The molecule has 4 nitrogen and oxygen atoms in total. The van der Waals surface area contributed by atoms with Crippen LogP contribution in [-0.4, -0.2) is 12.7 Å². The Labute approximate surface area is 141 Å². The van der Waals surface area contributed by atoms with Gasteiger partial charge in [-0.25, -0.2) is 0 Å². The van der Waals surface area contributed by atoms with Gasteiger partial charge in [0.2, 0.25) is 12.7 Å². The van der Waals surface area contributed by atoms with E-state index in [9.17, 15) is 4.79 Å². The number of carbonyl (C=O) groups is 1. The summed E-state index contributed by atoms with van der Waals surface area (Å²) in [6, 6.07) is 12.1. The highest BCUT2D eigenvalue weighted by molar-refractivity contribution is 5.91. The average Bonchev–Trinajstić information content (AvgIpc) is 3.08. The summed E-state index contributed by atoms with van der Waals surface area (Å²) in [5.41, 5.74) is 4.78. The fourth-order valence-electron chi connectivity index (χ4n) is 3.47. The van der Waals surface area contributed by atoms with Gasteiger partial charge in [-0.05, 0) is 67.0 Å². The molecule has 0 aromatic heterocycles. The SMILES string of the molecule is O=C(CCc1ccc2c(c1)OCO2)Nc1cccc2c1CCCC2. The van der Waals surface area contributed by atoms with Crippen LogP contribution >= 0.6 is 0 Å². The first kappa shape index (κ1) is 15.1. The molecule has 2 aromatic rings. The highest BCUT2D eigenvalue weighted by atomic mass is 16.7. The molecule has 0 radical (unpaired) electrons. The van der Waals surface area contributed by atoms with Crippen LogP contribution in [0.25, 0.3) is 0 Å². The Morgan fingerprint density at radius 1 is 1.04 bits per heavy atom. The molecule has 1 aliphatic carbocycles. The van der Waals surface area contributed by atoms with Crippen molar-refractivity contribution in [2.45, 2.75) is 38.5 Å². The number of hydrogen-bond donors (Lipinski definition) is 1. The number of anilines is 1. The van der Waals surface area contributed by atoms with Gasteiger partial charge in [-0.15, -0.1) is 0 Å². The number of amides is 1. The third-order valence-electron chi connectivity index (χ3n) is 4.75. The summed E-state index contributed by atoms with van der Waals surface area (Å²) in [6.07, 6.45) is 5.79. The minimum absolute atomic E-state index is 0.0617. The molecule has 4 rings (SSSR count). The van der Waals surface area contributed by atoms with Crippen molar-refractivity contribution < 1.29 is 14.3 Å². The molecule has 1 heterocycles. The second-order valence-corrected chi connectivity index (χ2v) is 6.39. The van der Waals surface area contributed by atoms with Crippen molar-refractivity contribution in [2.24, 2.45) is 0 Å². The van der Waals surface area contributed by atoms with E-state index in [1.54, 1.807) is 0 Å². The van der Waals surface area contributed by atoms with Gasteiger partial charge >= 0.3 is 0 Å². The van der Waals surface area contributed by atoms with Crippen molar-refractivity contribution in [1.29, 1.82) is 0 Å². The summed E-state index contributed by atoms with van der Waals surface area (Å²) in [7, 11) is 0. The average molecular weight is 323 g/mol. The molecule has 2 aliphatic rings. The first-order valence-corrected chi connectivity index (χ1v) is 8.59. The third-order valence-corrected chi connectivity index (χ3v) is 4.75. The number of rotatable bonds is 4. The van der Waals surface area contributed by atoms with Crippen molar-refractivity contribution in [1.82, 2.24) is 0 Å². The van der Waals surface area contributed by atoms with Gasteiger partial charge in [-0.1, -0.05) is 18.2 Å². The largest absolute Gasteiger partial charge is 0.454 e. The monoisotopic (exact) mass is 323 g/mol.